The zero-order valence-electron chi connectivity index (χ0n) is 24.3. The van der Waals surface area contributed by atoms with Gasteiger partial charge in [0, 0.05) is 70.9 Å². The van der Waals surface area contributed by atoms with Crippen molar-refractivity contribution in [2.24, 2.45) is 5.92 Å². The lowest BCUT2D eigenvalue weighted by molar-refractivity contribution is -0.130. The van der Waals surface area contributed by atoms with Crippen LogP contribution in [0.2, 0.25) is 0 Å². The van der Waals surface area contributed by atoms with Gasteiger partial charge in [-0.25, -0.2) is 4.79 Å². The lowest BCUT2D eigenvalue weighted by Gasteiger charge is -2.34. The molecule has 11 nitrogen and oxygen atoms in total. The number of carbonyl (C=O) groups is 4. The molecule has 4 rings (SSSR count). The van der Waals surface area contributed by atoms with Crippen molar-refractivity contribution in [3.8, 4) is 0 Å². The summed E-state index contributed by atoms with van der Waals surface area (Å²) in [4.78, 5) is 53.9. The minimum atomic E-state index is -0.501. The standard InChI is InChI=1S/C30H41N5O6/c1-4-25-27-26(10-6-16-40-17-7-11-31-28(27)37)35(32-25)19-21(2)20-41-30(39)24-9-5-8-23(18-24)29(38)34-14-12-33(13-15-34)22(3)36/h5,8-9,18,21H,4,6-7,10-17,19-20H2,1-3H3,(H,31,37)/t21-/m1/s1. The molecule has 1 atom stereocenters. The maximum atomic E-state index is 13.0. The van der Waals surface area contributed by atoms with E-state index in [-0.39, 0.29) is 30.2 Å². The molecule has 0 spiro atoms. The molecule has 1 saturated heterocycles. The third-order valence-corrected chi connectivity index (χ3v) is 7.49. The summed E-state index contributed by atoms with van der Waals surface area (Å²) in [7, 11) is 0. The highest BCUT2D eigenvalue weighted by Crippen LogP contribution is 2.20. The number of ether oxygens (including phenoxy) is 2. The van der Waals surface area contributed by atoms with Crippen LogP contribution >= 0.6 is 0 Å². The average molecular weight is 568 g/mol. The number of piperazine rings is 1. The van der Waals surface area contributed by atoms with Gasteiger partial charge in [0.05, 0.1) is 29.1 Å². The lowest BCUT2D eigenvalue weighted by Crippen LogP contribution is -2.50. The Kier molecular flexibility index (Phi) is 10.5. The Hall–Kier alpha value is -3.73. The number of nitrogens with one attached hydrogen (secondary N) is 1. The first-order chi connectivity index (χ1) is 19.8. The van der Waals surface area contributed by atoms with Gasteiger partial charge in [0.2, 0.25) is 5.91 Å². The Bertz CT molecular complexity index is 1250. The predicted octanol–water partition coefficient (Wildman–Crippen LogP) is 2.33. The molecule has 0 unspecified atom stereocenters. The Balaban J connectivity index is 1.37. The third kappa shape index (κ3) is 7.72. The van der Waals surface area contributed by atoms with Crippen LogP contribution in [-0.2, 0) is 33.7 Å². The average Bonchev–Trinajstić information content (AvgIpc) is 3.31. The maximum Gasteiger partial charge on any atom is 0.338 e. The first-order valence-electron chi connectivity index (χ1n) is 14.5. The number of fused-ring (bicyclic) bond motifs is 1. The van der Waals surface area contributed by atoms with Crippen molar-refractivity contribution in [1.82, 2.24) is 24.9 Å². The van der Waals surface area contributed by atoms with Crippen molar-refractivity contribution in [1.29, 1.82) is 0 Å². The second kappa shape index (κ2) is 14.2. The highest BCUT2D eigenvalue weighted by molar-refractivity contribution is 5.98. The summed E-state index contributed by atoms with van der Waals surface area (Å²) in [5.74, 6) is -0.832. The predicted molar refractivity (Wildman–Crippen MR) is 152 cm³/mol. The molecule has 222 valence electrons. The lowest BCUT2D eigenvalue weighted by atomic mass is 10.1. The largest absolute Gasteiger partial charge is 0.462 e. The van der Waals surface area contributed by atoms with Crippen molar-refractivity contribution in [2.75, 3.05) is 52.5 Å². The molecule has 1 N–H and O–H groups in total. The number of hydrogen-bond donors (Lipinski definition) is 1. The second-order valence-corrected chi connectivity index (χ2v) is 10.7. The van der Waals surface area contributed by atoms with E-state index >= 15 is 0 Å². The van der Waals surface area contributed by atoms with Crippen LogP contribution in [-0.4, -0.2) is 95.8 Å². The van der Waals surface area contributed by atoms with Gasteiger partial charge >= 0.3 is 5.97 Å². The molecule has 2 aliphatic rings. The fourth-order valence-electron chi connectivity index (χ4n) is 5.21. The zero-order chi connectivity index (χ0) is 29.4. The van der Waals surface area contributed by atoms with Crippen LogP contribution in [0, 0.1) is 5.92 Å². The van der Waals surface area contributed by atoms with E-state index in [9.17, 15) is 19.2 Å². The molecule has 0 aliphatic carbocycles. The van der Waals surface area contributed by atoms with Crippen molar-refractivity contribution < 1.29 is 28.7 Å². The maximum absolute atomic E-state index is 13.0. The molecular weight excluding hydrogens is 526 g/mol. The van der Waals surface area contributed by atoms with Crippen LogP contribution in [0.4, 0.5) is 0 Å². The van der Waals surface area contributed by atoms with Gasteiger partial charge in [-0.2, -0.15) is 5.10 Å². The Morgan fingerprint density at radius 2 is 1.78 bits per heavy atom. The fraction of sp³-hybridized carbons (Fsp3) is 0.567. The molecule has 0 saturated carbocycles. The summed E-state index contributed by atoms with van der Waals surface area (Å²) in [6, 6.07) is 6.56. The monoisotopic (exact) mass is 567 g/mol. The van der Waals surface area contributed by atoms with Gasteiger partial charge in [-0.1, -0.05) is 19.9 Å². The van der Waals surface area contributed by atoms with Crippen molar-refractivity contribution in [2.45, 2.75) is 53.0 Å². The van der Waals surface area contributed by atoms with Crippen molar-refractivity contribution in [3.05, 3.63) is 52.3 Å². The van der Waals surface area contributed by atoms with Crippen LogP contribution in [0.5, 0.6) is 0 Å². The van der Waals surface area contributed by atoms with E-state index in [1.54, 1.807) is 34.1 Å². The van der Waals surface area contributed by atoms with Gasteiger partial charge in [0.15, 0.2) is 0 Å². The molecule has 2 aliphatic heterocycles. The Labute approximate surface area is 241 Å². The first-order valence-corrected chi connectivity index (χ1v) is 14.5. The highest BCUT2D eigenvalue weighted by Gasteiger charge is 2.25. The summed E-state index contributed by atoms with van der Waals surface area (Å²) >= 11 is 0. The van der Waals surface area contributed by atoms with E-state index in [2.05, 4.69) is 5.32 Å². The summed E-state index contributed by atoms with van der Waals surface area (Å²) in [5, 5.41) is 7.75. The number of aryl methyl sites for hydroxylation is 1. The third-order valence-electron chi connectivity index (χ3n) is 7.49. The van der Waals surface area contributed by atoms with Gasteiger partial charge in [0.25, 0.3) is 11.8 Å². The molecule has 2 aromatic rings. The number of nitrogens with zero attached hydrogens (tertiary/aromatic N) is 4. The molecule has 1 aromatic heterocycles. The topological polar surface area (TPSA) is 123 Å². The number of hydrogen-bond acceptors (Lipinski definition) is 7. The Morgan fingerprint density at radius 1 is 1.07 bits per heavy atom. The number of esters is 1. The zero-order valence-corrected chi connectivity index (χ0v) is 24.3. The molecule has 0 radical (unpaired) electrons. The first kappa shape index (κ1) is 30.2. The van der Waals surface area contributed by atoms with Gasteiger partial charge in [-0.3, -0.25) is 19.1 Å². The van der Waals surface area contributed by atoms with Crippen LogP contribution in [0.15, 0.2) is 24.3 Å². The van der Waals surface area contributed by atoms with Gasteiger partial charge in [0.1, 0.15) is 0 Å². The number of amides is 3. The normalized spacial score (nSPS) is 17.2. The summed E-state index contributed by atoms with van der Waals surface area (Å²) in [5.41, 5.74) is 3.03. The van der Waals surface area contributed by atoms with Gasteiger partial charge in [-0.05, 0) is 43.9 Å². The van der Waals surface area contributed by atoms with Crippen molar-refractivity contribution in [3.63, 3.8) is 0 Å². The molecule has 11 heteroatoms. The highest BCUT2D eigenvalue weighted by atomic mass is 16.5. The fourth-order valence-corrected chi connectivity index (χ4v) is 5.21. The van der Waals surface area contributed by atoms with E-state index < -0.39 is 5.97 Å². The van der Waals surface area contributed by atoms with Crippen LogP contribution in [0.25, 0.3) is 0 Å². The molecule has 3 amide bonds. The van der Waals surface area contributed by atoms with Crippen LogP contribution in [0.3, 0.4) is 0 Å². The number of carbonyl (C=O) groups excluding carboxylic acids is 4. The summed E-state index contributed by atoms with van der Waals surface area (Å²) < 4.78 is 13.2. The van der Waals surface area contributed by atoms with E-state index in [1.165, 1.54) is 6.92 Å². The molecule has 1 aromatic carbocycles. The number of aromatic nitrogens is 2. The van der Waals surface area contributed by atoms with Gasteiger partial charge in [-0.15, -0.1) is 0 Å². The summed E-state index contributed by atoms with van der Waals surface area (Å²) in [6.45, 7) is 9.87. The quantitative estimate of drug-likeness (QED) is 0.510. The van der Waals surface area contributed by atoms with Crippen LogP contribution < -0.4 is 5.32 Å². The number of benzene rings is 1. The molecule has 1 fully saturated rings. The second-order valence-electron chi connectivity index (χ2n) is 10.7. The van der Waals surface area contributed by atoms with Crippen molar-refractivity contribution >= 4 is 23.7 Å². The minimum absolute atomic E-state index is 0.00151. The number of rotatable bonds is 7. The molecular formula is C30H41N5O6. The smallest absolute Gasteiger partial charge is 0.338 e. The minimum Gasteiger partial charge on any atom is -0.462 e. The van der Waals surface area contributed by atoms with Crippen LogP contribution in [0.1, 0.15) is 76.1 Å². The van der Waals surface area contributed by atoms with E-state index in [0.717, 1.165) is 24.2 Å². The SMILES string of the molecule is CCc1nn(C[C@@H](C)COC(=O)c2cccc(C(=O)N3CCN(C(C)=O)CC3)c2)c2c1C(=O)NCCCOCCC2. The Morgan fingerprint density at radius 3 is 2.51 bits per heavy atom. The molecule has 3 heterocycles. The van der Waals surface area contributed by atoms with Gasteiger partial charge < -0.3 is 24.6 Å². The molecule has 0 bridgehead atoms. The van der Waals surface area contributed by atoms with E-state index in [4.69, 9.17) is 14.6 Å². The summed E-state index contributed by atoms with van der Waals surface area (Å²) in [6.07, 6.45) is 2.88. The van der Waals surface area contributed by atoms with E-state index in [1.807, 2.05) is 18.5 Å². The van der Waals surface area contributed by atoms with E-state index in [0.29, 0.717) is 82.0 Å². The molecule has 41 heavy (non-hydrogen) atoms.